The molecule has 114 valence electrons. The highest BCUT2D eigenvalue weighted by Gasteiger charge is 2.22. The molecule has 21 heavy (non-hydrogen) atoms. The number of carbonyl (C=O) groups is 1. The Labute approximate surface area is 129 Å². The van der Waals surface area contributed by atoms with Gasteiger partial charge in [-0.15, -0.1) is 12.3 Å². The Morgan fingerprint density at radius 1 is 1.62 bits per heavy atom. The number of carbonyl (C=O) groups excluding carboxylic acids is 1. The smallest absolute Gasteiger partial charge is 0.265 e. The number of terminal acetylenes is 1. The molecular weight excluding hydrogens is 286 g/mol. The highest BCUT2D eigenvalue weighted by Crippen LogP contribution is 2.28. The number of nitrogen functional groups attached to an aromatic ring is 1. The van der Waals surface area contributed by atoms with Crippen LogP contribution in [0.4, 0.5) is 10.9 Å². The molecule has 1 aromatic heterocycles. The Bertz CT molecular complexity index is 530. The van der Waals surface area contributed by atoms with Crippen LogP contribution in [0, 0.1) is 12.3 Å². The molecule has 7 heteroatoms. The van der Waals surface area contributed by atoms with Crippen molar-refractivity contribution in [3.05, 3.63) is 4.88 Å². The van der Waals surface area contributed by atoms with Gasteiger partial charge >= 0.3 is 0 Å². The molecular formula is C14H21N5OS. The number of piperazine rings is 1. The minimum Gasteiger partial charge on any atom is -0.382 e. The van der Waals surface area contributed by atoms with Crippen LogP contribution in [0.3, 0.4) is 0 Å². The van der Waals surface area contributed by atoms with Crippen LogP contribution in [0.5, 0.6) is 0 Å². The van der Waals surface area contributed by atoms with Gasteiger partial charge in [0.2, 0.25) is 0 Å². The molecule has 1 aliphatic heterocycles. The average molecular weight is 307 g/mol. The van der Waals surface area contributed by atoms with E-state index in [4.69, 9.17) is 12.2 Å². The van der Waals surface area contributed by atoms with Crippen LogP contribution in [0.15, 0.2) is 0 Å². The molecule has 1 amide bonds. The van der Waals surface area contributed by atoms with E-state index in [1.807, 2.05) is 6.92 Å². The molecule has 1 unspecified atom stereocenters. The van der Waals surface area contributed by atoms with E-state index >= 15 is 0 Å². The Hall–Kier alpha value is -1.78. The molecule has 1 aliphatic rings. The summed E-state index contributed by atoms with van der Waals surface area (Å²) in [6.45, 7) is 5.58. The van der Waals surface area contributed by atoms with Crippen molar-refractivity contribution in [2.45, 2.75) is 25.8 Å². The van der Waals surface area contributed by atoms with Crippen LogP contribution in [0.25, 0.3) is 0 Å². The number of amides is 1. The highest BCUT2D eigenvalue weighted by atomic mass is 32.1. The van der Waals surface area contributed by atoms with Gasteiger partial charge in [0, 0.05) is 38.6 Å². The number of hydrogen-bond donors (Lipinski definition) is 3. The molecule has 0 saturated carbocycles. The van der Waals surface area contributed by atoms with Gasteiger partial charge < -0.3 is 21.3 Å². The Kier molecular flexibility index (Phi) is 5.42. The maximum atomic E-state index is 12.3. The quantitative estimate of drug-likeness (QED) is 0.696. The van der Waals surface area contributed by atoms with E-state index in [2.05, 4.69) is 26.4 Å². The molecule has 6 nitrogen and oxygen atoms in total. The summed E-state index contributed by atoms with van der Waals surface area (Å²) in [5.41, 5.74) is 5.90. The second kappa shape index (κ2) is 7.29. The van der Waals surface area contributed by atoms with Crippen LogP contribution in [0.2, 0.25) is 0 Å². The summed E-state index contributed by atoms with van der Waals surface area (Å²) in [5, 5.41) is 7.01. The summed E-state index contributed by atoms with van der Waals surface area (Å²) in [6.07, 6.45) is 6.61. The van der Waals surface area contributed by atoms with Gasteiger partial charge in [-0.2, -0.15) is 0 Å². The lowest BCUT2D eigenvalue weighted by Gasteiger charge is -2.26. The fourth-order valence-corrected chi connectivity index (χ4v) is 3.10. The number of nitrogens with one attached hydrogen (secondary N) is 2. The Balaban J connectivity index is 2.07. The molecule has 0 aliphatic carbocycles. The van der Waals surface area contributed by atoms with Gasteiger partial charge in [-0.25, -0.2) is 4.98 Å². The third-order valence-electron chi connectivity index (χ3n) is 3.43. The first-order valence-corrected chi connectivity index (χ1v) is 7.93. The predicted molar refractivity (Wildman–Crippen MR) is 86.6 cm³/mol. The van der Waals surface area contributed by atoms with Gasteiger partial charge in [-0.1, -0.05) is 18.3 Å². The van der Waals surface area contributed by atoms with Gasteiger partial charge in [0.1, 0.15) is 10.7 Å². The van der Waals surface area contributed by atoms with Crippen LogP contribution >= 0.6 is 11.3 Å². The summed E-state index contributed by atoms with van der Waals surface area (Å²) in [4.78, 5) is 19.2. The van der Waals surface area contributed by atoms with Crippen molar-refractivity contribution in [1.29, 1.82) is 0 Å². The monoisotopic (exact) mass is 307 g/mol. The zero-order valence-electron chi connectivity index (χ0n) is 12.2. The number of nitrogens with two attached hydrogens (primary N) is 1. The van der Waals surface area contributed by atoms with Crippen LogP contribution in [-0.4, -0.2) is 43.1 Å². The lowest BCUT2D eigenvalue weighted by atomic mass is 10.1. The second-order valence-corrected chi connectivity index (χ2v) is 5.91. The Morgan fingerprint density at radius 3 is 2.95 bits per heavy atom. The molecule has 2 rings (SSSR count). The number of aromatic nitrogens is 1. The minimum absolute atomic E-state index is 0.0216. The lowest BCUT2D eigenvalue weighted by molar-refractivity contribution is 0.0941. The predicted octanol–water partition coefficient (Wildman–Crippen LogP) is 0.667. The van der Waals surface area contributed by atoms with Crippen LogP contribution < -0.4 is 21.3 Å². The topological polar surface area (TPSA) is 83.3 Å². The van der Waals surface area contributed by atoms with Crippen LogP contribution in [-0.2, 0) is 0 Å². The molecule has 1 atom stereocenters. The second-order valence-electron chi connectivity index (χ2n) is 4.93. The van der Waals surface area contributed by atoms with E-state index in [1.165, 1.54) is 11.3 Å². The van der Waals surface area contributed by atoms with Crippen molar-refractivity contribution in [1.82, 2.24) is 15.6 Å². The standard InChI is InChI=1S/C14H21N5OS/c1-3-5-10(4-2)17-13(20)11-12(15)18-14(21-11)19-8-6-16-7-9-19/h1,10,16H,4-9,15H2,2H3,(H,17,20). The van der Waals surface area contributed by atoms with E-state index in [0.29, 0.717) is 17.1 Å². The molecule has 0 bridgehead atoms. The third kappa shape index (κ3) is 3.86. The van der Waals surface area contributed by atoms with Crippen molar-refractivity contribution < 1.29 is 4.79 Å². The highest BCUT2D eigenvalue weighted by molar-refractivity contribution is 7.18. The third-order valence-corrected chi connectivity index (χ3v) is 4.56. The molecule has 1 aromatic rings. The number of rotatable bonds is 5. The minimum atomic E-state index is -0.187. The fourth-order valence-electron chi connectivity index (χ4n) is 2.16. The van der Waals surface area contributed by atoms with E-state index in [-0.39, 0.29) is 11.9 Å². The molecule has 4 N–H and O–H groups in total. The van der Waals surface area contributed by atoms with Gasteiger partial charge in [-0.05, 0) is 6.42 Å². The summed E-state index contributed by atoms with van der Waals surface area (Å²) in [7, 11) is 0. The van der Waals surface area contributed by atoms with Gasteiger partial charge in [0.25, 0.3) is 5.91 Å². The molecule has 0 spiro atoms. The van der Waals surface area contributed by atoms with Gasteiger partial charge in [-0.3, -0.25) is 4.79 Å². The first-order chi connectivity index (χ1) is 10.2. The fraction of sp³-hybridized carbons (Fsp3) is 0.571. The first kappa shape index (κ1) is 15.6. The summed E-state index contributed by atoms with van der Waals surface area (Å²) in [5.74, 6) is 2.68. The molecule has 2 heterocycles. The van der Waals surface area contributed by atoms with Gasteiger partial charge in [0.15, 0.2) is 5.13 Å². The maximum absolute atomic E-state index is 12.3. The van der Waals surface area contributed by atoms with E-state index in [0.717, 1.165) is 37.7 Å². The number of nitrogens with zero attached hydrogens (tertiary/aromatic N) is 2. The number of hydrogen-bond acceptors (Lipinski definition) is 6. The Morgan fingerprint density at radius 2 is 2.33 bits per heavy atom. The summed E-state index contributed by atoms with van der Waals surface area (Å²) < 4.78 is 0. The van der Waals surface area contributed by atoms with E-state index < -0.39 is 0 Å². The van der Waals surface area contributed by atoms with Crippen molar-refractivity contribution in [3.8, 4) is 12.3 Å². The lowest BCUT2D eigenvalue weighted by Crippen LogP contribution is -2.43. The molecule has 1 fully saturated rings. The van der Waals surface area contributed by atoms with Gasteiger partial charge in [0.05, 0.1) is 0 Å². The zero-order valence-corrected chi connectivity index (χ0v) is 13.0. The first-order valence-electron chi connectivity index (χ1n) is 7.12. The van der Waals surface area contributed by atoms with E-state index in [9.17, 15) is 4.79 Å². The summed E-state index contributed by atoms with van der Waals surface area (Å²) >= 11 is 1.34. The molecule has 0 aromatic carbocycles. The normalized spacial score (nSPS) is 16.3. The van der Waals surface area contributed by atoms with Crippen LogP contribution in [0.1, 0.15) is 29.4 Å². The number of thiazole rings is 1. The SMILES string of the molecule is C#CCC(CC)NC(=O)c1sc(N2CCNCC2)nc1N. The zero-order chi connectivity index (χ0) is 15.2. The van der Waals surface area contributed by atoms with Crippen molar-refractivity contribution in [3.63, 3.8) is 0 Å². The summed E-state index contributed by atoms with van der Waals surface area (Å²) in [6, 6.07) is -0.0216. The molecule has 0 radical (unpaired) electrons. The maximum Gasteiger partial charge on any atom is 0.265 e. The largest absolute Gasteiger partial charge is 0.382 e. The van der Waals surface area contributed by atoms with E-state index in [1.54, 1.807) is 0 Å². The molecule has 1 saturated heterocycles. The van der Waals surface area contributed by atoms with Crippen molar-refractivity contribution in [2.75, 3.05) is 36.8 Å². The average Bonchev–Trinajstić information content (AvgIpc) is 2.89. The number of anilines is 2. The van der Waals surface area contributed by atoms with Crippen molar-refractivity contribution in [2.24, 2.45) is 0 Å². The van der Waals surface area contributed by atoms with Crippen molar-refractivity contribution >= 4 is 28.2 Å².